The maximum absolute atomic E-state index is 14.8. The van der Waals surface area contributed by atoms with Gasteiger partial charge in [-0.25, -0.2) is 0 Å². The summed E-state index contributed by atoms with van der Waals surface area (Å²) in [5, 5.41) is 66.9. The first-order valence-corrected chi connectivity index (χ1v) is 37.0. The van der Waals surface area contributed by atoms with Crippen LogP contribution < -0.4 is 80.6 Å². The van der Waals surface area contributed by atoms with Gasteiger partial charge < -0.3 is 95.9 Å². The van der Waals surface area contributed by atoms with Gasteiger partial charge in [0.15, 0.2) is 5.96 Å². The van der Waals surface area contributed by atoms with Crippen LogP contribution in [-0.4, -0.2) is 201 Å². The number of phenols is 1. The summed E-state index contributed by atoms with van der Waals surface area (Å²) in [7, 11) is 0. The van der Waals surface area contributed by atoms with E-state index in [0.29, 0.717) is 11.1 Å². The number of aliphatic hydroxyl groups excluding tert-OH is 2. The summed E-state index contributed by atoms with van der Waals surface area (Å²) < 4.78 is 0. The Balaban J connectivity index is 2.32. The number of amides is 13. The molecule has 0 saturated carbocycles. The molecule has 2 aromatic carbocycles. The van der Waals surface area contributed by atoms with Gasteiger partial charge in [0, 0.05) is 19.4 Å². The predicted molar refractivity (Wildman–Crippen MR) is 397 cm³/mol. The third-order valence-electron chi connectivity index (χ3n) is 17.7. The second-order valence-electron chi connectivity index (χ2n) is 28.2. The number of aromatic hydroxyl groups is 1. The van der Waals surface area contributed by atoms with Crippen molar-refractivity contribution in [2.75, 3.05) is 18.6 Å². The van der Waals surface area contributed by atoms with Gasteiger partial charge in [-0.1, -0.05) is 138 Å². The van der Waals surface area contributed by atoms with Gasteiger partial charge in [0.1, 0.15) is 83.9 Å². The van der Waals surface area contributed by atoms with Crippen LogP contribution in [-0.2, 0) is 75.2 Å². The van der Waals surface area contributed by atoms with E-state index >= 15 is 0 Å². The number of carbonyl (C=O) groups excluding carboxylic acids is 13. The lowest BCUT2D eigenvalue weighted by atomic mass is 9.96. The molecule has 32 nitrogen and oxygen atoms in total. The van der Waals surface area contributed by atoms with Crippen molar-refractivity contribution >= 4 is 94.5 Å². The Morgan fingerprint density at radius 1 is 0.448 bits per heavy atom. The molecule has 0 bridgehead atoms. The van der Waals surface area contributed by atoms with Gasteiger partial charge in [-0.2, -0.15) is 11.8 Å². The molecule has 1 aliphatic rings. The van der Waals surface area contributed by atoms with Crippen molar-refractivity contribution in [1.29, 1.82) is 0 Å². The predicted octanol–water partition coefficient (Wildman–Crippen LogP) is -1.08. The smallest absolute Gasteiger partial charge is 0.268 e. The summed E-state index contributed by atoms with van der Waals surface area (Å²) in [6.45, 7) is 23.1. The molecular formula is C72H114N16O16S. The maximum Gasteiger partial charge on any atom is 0.268 e. The molecule has 0 aliphatic carbocycles. The van der Waals surface area contributed by atoms with Crippen LogP contribution in [0.4, 0.5) is 0 Å². The number of nitrogens with one attached hydrogen (secondary N) is 13. The van der Waals surface area contributed by atoms with Gasteiger partial charge in [-0.05, 0) is 111 Å². The summed E-state index contributed by atoms with van der Waals surface area (Å²) >= 11 is 1.31. The van der Waals surface area contributed by atoms with Crippen LogP contribution in [0, 0.1) is 35.5 Å². The molecule has 1 saturated heterocycles. The van der Waals surface area contributed by atoms with Gasteiger partial charge in [-0.3, -0.25) is 67.3 Å². The Labute approximate surface area is 619 Å². The summed E-state index contributed by atoms with van der Waals surface area (Å²) in [6.07, 6.45) is -0.686. The highest BCUT2D eigenvalue weighted by Gasteiger charge is 2.41. The molecule has 0 aromatic heterocycles. The zero-order valence-electron chi connectivity index (χ0n) is 63.1. The van der Waals surface area contributed by atoms with Crippen LogP contribution >= 0.6 is 11.8 Å². The average molecular weight is 1490 g/mol. The van der Waals surface area contributed by atoms with E-state index in [1.165, 1.54) is 56.8 Å². The number of nitrogens with two attached hydrogens (primary N) is 2. The molecule has 584 valence electrons. The molecule has 1 heterocycles. The Morgan fingerprint density at radius 3 is 1.23 bits per heavy atom. The maximum atomic E-state index is 14.8. The Kier molecular flexibility index (Phi) is 37.5. The minimum Gasteiger partial charge on any atom is -0.508 e. The molecule has 20 N–H and O–H groups in total. The summed E-state index contributed by atoms with van der Waals surface area (Å²) in [5.41, 5.74) is 11.7. The highest BCUT2D eigenvalue weighted by atomic mass is 32.2. The van der Waals surface area contributed by atoms with E-state index in [1.807, 2.05) is 0 Å². The second-order valence-corrected chi connectivity index (χ2v) is 29.2. The zero-order valence-corrected chi connectivity index (χ0v) is 64.0. The van der Waals surface area contributed by atoms with Crippen molar-refractivity contribution in [2.45, 2.75) is 227 Å². The highest BCUT2D eigenvalue weighted by molar-refractivity contribution is 7.98. The van der Waals surface area contributed by atoms with Crippen molar-refractivity contribution < 1.29 is 77.6 Å². The molecule has 1 aliphatic heterocycles. The quantitative estimate of drug-likeness (QED) is 0.0325. The summed E-state index contributed by atoms with van der Waals surface area (Å²) in [6, 6.07) is -3.70. The van der Waals surface area contributed by atoms with Gasteiger partial charge in [0.05, 0.1) is 12.2 Å². The van der Waals surface area contributed by atoms with E-state index < -0.39 is 197 Å². The average Bonchev–Trinajstić information content (AvgIpc) is 0.829. The lowest BCUT2D eigenvalue weighted by molar-refractivity contribution is -0.139. The monoisotopic (exact) mass is 1490 g/mol. The van der Waals surface area contributed by atoms with Crippen LogP contribution in [0.15, 0.2) is 71.4 Å². The van der Waals surface area contributed by atoms with E-state index in [2.05, 4.69) is 74.1 Å². The number of thioether (sulfide) groups is 1. The number of allylic oxidation sites excluding steroid dienone is 1. The molecule has 3 rings (SSSR count). The Bertz CT molecular complexity index is 3370. The van der Waals surface area contributed by atoms with Crippen LogP contribution in [0.1, 0.15) is 141 Å². The molecule has 0 spiro atoms. The van der Waals surface area contributed by atoms with Crippen LogP contribution in [0.3, 0.4) is 0 Å². The van der Waals surface area contributed by atoms with Crippen molar-refractivity contribution in [3.63, 3.8) is 0 Å². The Morgan fingerprint density at radius 2 is 0.800 bits per heavy atom. The SMILES string of the molecule is C/C=C1\NC(=O)[C@H](C(C)C)NC(=O)[C@H](Cc2ccccc2)NC(=O)[C@H](C(C)C)NC(=O)[C@H](C(C)C)NC(=O)[C@H](C(C)C)NC(=O)C([C@H](C)O)NC(=O)[C@H]([C@@H](C)CC)NC(=O)[C@H]([C@@H](C)O)NC(=O)[C@H](C(C)C)NC(=O)[C@H](CCSC)NC(=O)[C@H](Cc2cccc(O)c2)NC(=O)[C@H](CCCN=C(N)N)NC1=O. The largest absolute Gasteiger partial charge is 0.508 e. The van der Waals surface area contributed by atoms with Gasteiger partial charge >= 0.3 is 0 Å². The first kappa shape index (κ1) is 89.8. The summed E-state index contributed by atoms with van der Waals surface area (Å²) in [5.74, 6) is -16.5. The third kappa shape index (κ3) is 28.9. The number of hydrogen-bond acceptors (Lipinski definition) is 18. The lowest BCUT2D eigenvalue weighted by Gasteiger charge is -2.32. The van der Waals surface area contributed by atoms with E-state index in [0.717, 1.165) is 0 Å². The molecule has 33 heteroatoms. The fourth-order valence-corrected chi connectivity index (χ4v) is 11.6. The zero-order chi connectivity index (χ0) is 79.3. The molecule has 13 amide bonds. The van der Waals surface area contributed by atoms with Crippen molar-refractivity contribution in [3.8, 4) is 5.75 Å². The van der Waals surface area contributed by atoms with Crippen LogP contribution in [0.2, 0.25) is 0 Å². The minimum atomic E-state index is -1.80. The lowest BCUT2D eigenvalue weighted by Crippen LogP contribution is -2.64. The third-order valence-corrected chi connectivity index (χ3v) is 18.3. The van der Waals surface area contributed by atoms with E-state index in [-0.39, 0.29) is 68.2 Å². The molecule has 1 unspecified atom stereocenters. The Hall–Kier alpha value is -9.37. The number of rotatable bonds is 20. The van der Waals surface area contributed by atoms with E-state index in [1.54, 1.807) is 126 Å². The van der Waals surface area contributed by atoms with Gasteiger partial charge in [-0.15, -0.1) is 0 Å². The van der Waals surface area contributed by atoms with Crippen LogP contribution in [0.5, 0.6) is 5.75 Å². The molecule has 15 atom stereocenters. The fourth-order valence-electron chi connectivity index (χ4n) is 11.1. The van der Waals surface area contributed by atoms with E-state index in [9.17, 15) is 77.6 Å². The topological polar surface area (TPSA) is 503 Å². The molecular weight excluding hydrogens is 1380 g/mol. The van der Waals surface area contributed by atoms with Gasteiger partial charge in [0.2, 0.25) is 70.9 Å². The van der Waals surface area contributed by atoms with Gasteiger partial charge in [0.25, 0.3) is 5.91 Å². The highest BCUT2D eigenvalue weighted by Crippen LogP contribution is 2.18. The first-order valence-electron chi connectivity index (χ1n) is 35.6. The van der Waals surface area contributed by atoms with Crippen molar-refractivity contribution in [2.24, 2.45) is 52.0 Å². The minimum absolute atomic E-state index is 0.0339. The number of hydrogen-bond donors (Lipinski definition) is 18. The fraction of sp³-hybridized carbons (Fsp3) is 0.611. The normalized spacial score (nSPS) is 25.7. The summed E-state index contributed by atoms with van der Waals surface area (Å²) in [4.78, 5) is 193. The number of benzene rings is 2. The second kappa shape index (κ2) is 43.8. The van der Waals surface area contributed by atoms with Crippen molar-refractivity contribution in [3.05, 3.63) is 77.5 Å². The van der Waals surface area contributed by atoms with Crippen molar-refractivity contribution in [1.82, 2.24) is 69.1 Å². The molecule has 2 aromatic rings. The number of aliphatic imine (C=N–C) groups is 1. The number of guanidine groups is 1. The number of carbonyl (C=O) groups is 13. The molecule has 105 heavy (non-hydrogen) atoms. The number of aliphatic hydroxyl groups is 2. The number of nitrogens with zero attached hydrogens (tertiary/aromatic N) is 1. The van der Waals surface area contributed by atoms with E-state index in [4.69, 9.17) is 11.5 Å². The number of phenolic OH excluding ortho intramolecular Hbond substituents is 1. The van der Waals surface area contributed by atoms with Crippen LogP contribution in [0.25, 0.3) is 0 Å². The molecule has 1 fully saturated rings. The standard InChI is InChI=1S/C72H114N16O16S/c1-17-40(13)56-69(102)88-57(41(14)89)70(103)85-55(39(11)12)67(100)84-54(38(9)10)66(99)83-52(36(5)6)65(98)80-49(33-43-24-20-19-21-25-43)63(96)82-51(35(3)4)64(97)76-46(18-2)59(92)77-47(28-23-30-75-72(73)74)60(93)79-50(34-44-26-22-27-45(91)32-44)62(95)78-48(29-31-105-16)61(94)81-53(37(7)8)68(101)87-58(42(15)90)71(104)86-56/h18-22,24-27,32,35-42,47-58,89-91H,17,23,28-31,33-34H2,1-16H3,(H,76,97)(H,77,92)(H,78,95)(H,79,93)(H,80,98)(H,81,94)(H,82,96)(H,83,99)(H,84,100)(H,85,103)(H,86,104)(H,87,101)(H,88,102)(H4,73,74,75)/b46-18-/t40-,41-,42+,47-,48-,49-,50-,51-,52-,53-,54-,55-,56-,57?,58-/m0/s1. The molecule has 0 radical (unpaired) electrons. The first-order chi connectivity index (χ1) is 49.3.